The molecule has 2 aromatic carbocycles. The van der Waals surface area contributed by atoms with Crippen LogP contribution in [-0.4, -0.2) is 6.61 Å². The number of benzene rings is 2. The summed E-state index contributed by atoms with van der Waals surface area (Å²) in [6.45, 7) is 4.65. The summed E-state index contributed by atoms with van der Waals surface area (Å²) in [5.41, 5.74) is 9.75. The van der Waals surface area contributed by atoms with E-state index in [2.05, 4.69) is 5.32 Å². The van der Waals surface area contributed by atoms with Gasteiger partial charge in [0, 0.05) is 23.1 Å². The topological polar surface area (TPSA) is 47.3 Å². The van der Waals surface area contributed by atoms with Crippen LogP contribution in [0.25, 0.3) is 0 Å². The van der Waals surface area contributed by atoms with Crippen molar-refractivity contribution in [1.82, 2.24) is 0 Å². The van der Waals surface area contributed by atoms with Crippen LogP contribution in [0.4, 0.5) is 17.1 Å². The Labute approximate surface area is 108 Å². The first-order valence-electron chi connectivity index (χ1n) is 6.05. The lowest BCUT2D eigenvalue weighted by molar-refractivity contribution is 0.340. The van der Waals surface area contributed by atoms with Crippen LogP contribution in [0, 0.1) is 6.92 Å². The third-order valence-electron chi connectivity index (χ3n) is 2.80. The molecule has 0 aliphatic rings. The van der Waals surface area contributed by atoms with Crippen molar-refractivity contribution >= 4 is 17.1 Å². The number of rotatable bonds is 4. The maximum Gasteiger partial charge on any atom is 0.121 e. The molecule has 3 nitrogen and oxygen atoms in total. The Morgan fingerprint density at radius 2 is 1.94 bits per heavy atom. The lowest BCUT2D eigenvalue weighted by Gasteiger charge is -2.12. The maximum atomic E-state index is 5.89. The molecule has 0 radical (unpaired) electrons. The van der Waals surface area contributed by atoms with Crippen molar-refractivity contribution in [2.75, 3.05) is 17.7 Å². The van der Waals surface area contributed by atoms with E-state index in [1.807, 2.05) is 56.3 Å². The molecule has 0 aliphatic carbocycles. The van der Waals surface area contributed by atoms with Gasteiger partial charge >= 0.3 is 0 Å². The van der Waals surface area contributed by atoms with Crippen LogP contribution in [0.1, 0.15) is 12.5 Å². The van der Waals surface area contributed by atoms with Crippen LogP contribution >= 0.6 is 0 Å². The van der Waals surface area contributed by atoms with Crippen molar-refractivity contribution in [2.45, 2.75) is 13.8 Å². The van der Waals surface area contributed by atoms with Gasteiger partial charge < -0.3 is 15.8 Å². The van der Waals surface area contributed by atoms with Crippen LogP contribution < -0.4 is 15.8 Å². The summed E-state index contributed by atoms with van der Waals surface area (Å²) in [5, 5.41) is 3.35. The predicted molar refractivity (Wildman–Crippen MR) is 76.5 cm³/mol. The third kappa shape index (κ3) is 2.74. The monoisotopic (exact) mass is 242 g/mol. The summed E-state index contributed by atoms with van der Waals surface area (Å²) in [7, 11) is 0. The SMILES string of the molecule is CCOc1cccc(Nc2cccc(N)c2C)c1. The van der Waals surface area contributed by atoms with Gasteiger partial charge in [-0.3, -0.25) is 0 Å². The van der Waals surface area contributed by atoms with Crippen LogP contribution in [0.3, 0.4) is 0 Å². The molecule has 94 valence electrons. The van der Waals surface area contributed by atoms with Crippen molar-refractivity contribution < 1.29 is 4.74 Å². The van der Waals surface area contributed by atoms with Gasteiger partial charge in [-0.25, -0.2) is 0 Å². The summed E-state index contributed by atoms with van der Waals surface area (Å²) in [4.78, 5) is 0. The van der Waals surface area contributed by atoms with E-state index in [0.29, 0.717) is 6.61 Å². The van der Waals surface area contributed by atoms with Gasteiger partial charge in [0.05, 0.1) is 6.61 Å². The molecule has 0 saturated heterocycles. The van der Waals surface area contributed by atoms with E-state index in [-0.39, 0.29) is 0 Å². The highest BCUT2D eigenvalue weighted by Crippen LogP contribution is 2.26. The number of hydrogen-bond acceptors (Lipinski definition) is 3. The van der Waals surface area contributed by atoms with E-state index >= 15 is 0 Å². The molecular formula is C15H18N2O. The predicted octanol–water partition coefficient (Wildman–Crippen LogP) is 3.72. The second kappa shape index (κ2) is 5.45. The summed E-state index contributed by atoms with van der Waals surface area (Å²) >= 11 is 0. The van der Waals surface area contributed by atoms with Gasteiger partial charge in [0.1, 0.15) is 5.75 Å². The molecule has 0 saturated carbocycles. The zero-order valence-corrected chi connectivity index (χ0v) is 10.7. The largest absolute Gasteiger partial charge is 0.494 e. The van der Waals surface area contributed by atoms with Gasteiger partial charge in [-0.05, 0) is 43.7 Å². The Kier molecular flexibility index (Phi) is 3.72. The van der Waals surface area contributed by atoms with Crippen LogP contribution in [-0.2, 0) is 0 Å². The van der Waals surface area contributed by atoms with Gasteiger partial charge in [0.2, 0.25) is 0 Å². The summed E-state index contributed by atoms with van der Waals surface area (Å²) in [6, 6.07) is 13.8. The number of nitrogens with one attached hydrogen (secondary N) is 1. The van der Waals surface area contributed by atoms with E-state index in [1.54, 1.807) is 0 Å². The second-order valence-corrected chi connectivity index (χ2v) is 4.11. The fraction of sp³-hybridized carbons (Fsp3) is 0.200. The highest BCUT2D eigenvalue weighted by molar-refractivity contribution is 5.69. The Balaban J connectivity index is 2.23. The average Bonchev–Trinajstić information content (AvgIpc) is 2.36. The van der Waals surface area contributed by atoms with Crippen LogP contribution in [0.15, 0.2) is 42.5 Å². The average molecular weight is 242 g/mol. The molecule has 3 heteroatoms. The number of hydrogen-bond donors (Lipinski definition) is 2. The smallest absolute Gasteiger partial charge is 0.121 e. The lowest BCUT2D eigenvalue weighted by Crippen LogP contribution is -1.97. The Hall–Kier alpha value is -2.16. The van der Waals surface area contributed by atoms with Crippen molar-refractivity contribution in [1.29, 1.82) is 0 Å². The zero-order chi connectivity index (χ0) is 13.0. The molecule has 2 rings (SSSR count). The second-order valence-electron chi connectivity index (χ2n) is 4.11. The van der Waals surface area contributed by atoms with E-state index in [1.165, 1.54) is 0 Å². The quantitative estimate of drug-likeness (QED) is 0.803. The van der Waals surface area contributed by atoms with Crippen molar-refractivity contribution in [3.05, 3.63) is 48.0 Å². The molecule has 0 unspecified atom stereocenters. The highest BCUT2D eigenvalue weighted by atomic mass is 16.5. The van der Waals surface area contributed by atoms with Crippen LogP contribution in [0.5, 0.6) is 5.75 Å². The molecule has 2 aromatic rings. The highest BCUT2D eigenvalue weighted by Gasteiger charge is 2.02. The molecule has 0 aromatic heterocycles. The molecule has 0 spiro atoms. The fourth-order valence-electron chi connectivity index (χ4n) is 1.77. The number of nitrogen functional groups attached to an aromatic ring is 1. The molecule has 0 fully saturated rings. The molecule has 0 heterocycles. The first-order valence-corrected chi connectivity index (χ1v) is 6.05. The van der Waals surface area contributed by atoms with E-state index in [0.717, 1.165) is 28.4 Å². The first kappa shape index (κ1) is 12.3. The fourth-order valence-corrected chi connectivity index (χ4v) is 1.77. The van der Waals surface area contributed by atoms with Crippen LogP contribution in [0.2, 0.25) is 0 Å². The summed E-state index contributed by atoms with van der Waals surface area (Å²) in [5.74, 6) is 0.865. The van der Waals surface area contributed by atoms with Gasteiger partial charge in [-0.15, -0.1) is 0 Å². The maximum absolute atomic E-state index is 5.89. The van der Waals surface area contributed by atoms with Gasteiger partial charge in [-0.2, -0.15) is 0 Å². The Morgan fingerprint density at radius 1 is 1.17 bits per heavy atom. The number of anilines is 3. The van der Waals surface area contributed by atoms with E-state index in [9.17, 15) is 0 Å². The van der Waals surface area contributed by atoms with Crippen molar-refractivity contribution in [3.63, 3.8) is 0 Å². The summed E-state index contributed by atoms with van der Waals surface area (Å²) in [6.07, 6.45) is 0. The van der Waals surface area contributed by atoms with Crippen molar-refractivity contribution in [3.8, 4) is 5.75 Å². The Bertz CT molecular complexity index is 538. The normalized spacial score (nSPS) is 10.1. The van der Waals surface area contributed by atoms with Gasteiger partial charge in [0.15, 0.2) is 0 Å². The molecular weight excluding hydrogens is 224 g/mol. The zero-order valence-electron chi connectivity index (χ0n) is 10.7. The van der Waals surface area contributed by atoms with E-state index in [4.69, 9.17) is 10.5 Å². The molecule has 0 bridgehead atoms. The van der Waals surface area contributed by atoms with E-state index < -0.39 is 0 Å². The Morgan fingerprint density at radius 3 is 2.72 bits per heavy atom. The minimum absolute atomic E-state index is 0.667. The minimum Gasteiger partial charge on any atom is -0.494 e. The minimum atomic E-state index is 0.667. The number of nitrogens with two attached hydrogens (primary N) is 1. The molecule has 0 atom stereocenters. The summed E-state index contributed by atoms with van der Waals surface area (Å²) < 4.78 is 5.47. The van der Waals surface area contributed by atoms with Gasteiger partial charge in [0.25, 0.3) is 0 Å². The number of ether oxygens (including phenoxy) is 1. The third-order valence-corrected chi connectivity index (χ3v) is 2.80. The lowest BCUT2D eigenvalue weighted by atomic mass is 10.1. The van der Waals surface area contributed by atoms with Gasteiger partial charge in [-0.1, -0.05) is 12.1 Å². The molecule has 3 N–H and O–H groups in total. The standard InChI is InChI=1S/C15H18N2O/c1-3-18-13-7-4-6-12(10-13)17-15-9-5-8-14(16)11(15)2/h4-10,17H,3,16H2,1-2H3. The molecule has 0 aliphatic heterocycles. The van der Waals surface area contributed by atoms with Crippen molar-refractivity contribution in [2.24, 2.45) is 0 Å². The first-order chi connectivity index (χ1) is 8.70. The molecule has 0 amide bonds. The molecule has 18 heavy (non-hydrogen) atoms.